The zero-order chi connectivity index (χ0) is 26.4. The summed E-state index contributed by atoms with van der Waals surface area (Å²) in [6, 6.07) is -5.52. The summed E-state index contributed by atoms with van der Waals surface area (Å²) >= 11 is 0. The van der Waals surface area contributed by atoms with Crippen molar-refractivity contribution in [2.24, 2.45) is 23.1 Å². The molecule has 0 saturated heterocycles. The summed E-state index contributed by atoms with van der Waals surface area (Å²) < 4.78 is 0. The smallest absolute Gasteiger partial charge is 0.326 e. The zero-order valence-electron chi connectivity index (χ0n) is 19.4. The van der Waals surface area contributed by atoms with E-state index < -0.39 is 72.6 Å². The molecule has 0 heterocycles. The van der Waals surface area contributed by atoms with Crippen molar-refractivity contribution in [1.82, 2.24) is 16.0 Å². The second kappa shape index (κ2) is 15.6. The van der Waals surface area contributed by atoms with Crippen molar-refractivity contribution in [2.45, 2.75) is 76.5 Å². The number of hydrogen-bond acceptors (Lipinski definition) is 8. The van der Waals surface area contributed by atoms with E-state index in [1.54, 1.807) is 13.8 Å². The van der Waals surface area contributed by atoms with Crippen LogP contribution in [-0.4, -0.2) is 76.5 Å². The minimum atomic E-state index is -1.68. The average molecular weight is 489 g/mol. The Hall–Kier alpha value is -3.26. The van der Waals surface area contributed by atoms with Gasteiger partial charge in [0.1, 0.15) is 18.1 Å². The summed E-state index contributed by atoms with van der Waals surface area (Å²) in [4.78, 5) is 71.6. The Labute approximate surface area is 197 Å². The Morgan fingerprint density at radius 1 is 0.794 bits per heavy atom. The highest BCUT2D eigenvalue weighted by molar-refractivity contribution is 5.97. The molecule has 0 rings (SSSR count). The van der Waals surface area contributed by atoms with E-state index in [0.29, 0.717) is 19.4 Å². The Balaban J connectivity index is 5.47. The van der Waals surface area contributed by atoms with Gasteiger partial charge in [-0.15, -0.1) is 0 Å². The first kappa shape index (κ1) is 30.7. The van der Waals surface area contributed by atoms with Crippen molar-refractivity contribution in [3.8, 4) is 0 Å². The molecule has 0 saturated carbocycles. The highest BCUT2D eigenvalue weighted by atomic mass is 16.4. The molecule has 0 aliphatic carbocycles. The van der Waals surface area contributed by atoms with E-state index in [9.17, 15) is 33.9 Å². The molecule has 0 aromatic heterocycles. The van der Waals surface area contributed by atoms with E-state index in [-0.39, 0.29) is 18.8 Å². The molecule has 0 aromatic rings. The molecular weight excluding hydrogens is 452 g/mol. The topological polar surface area (TPSA) is 257 Å². The van der Waals surface area contributed by atoms with E-state index in [2.05, 4.69) is 16.0 Å². The van der Waals surface area contributed by atoms with Crippen molar-refractivity contribution < 1.29 is 39.0 Å². The molecular formula is C20H36N6O8. The SMILES string of the molecule is CC(C)CC(NC(=O)C(CC(=O)O)NC(=O)C(CC(N)=O)NC(=O)C(N)CCCCN)C(=O)O. The molecule has 0 fully saturated rings. The molecule has 0 aliphatic rings. The van der Waals surface area contributed by atoms with Crippen molar-refractivity contribution in [1.29, 1.82) is 0 Å². The number of nitrogens with one attached hydrogen (secondary N) is 3. The van der Waals surface area contributed by atoms with Crippen molar-refractivity contribution >= 4 is 35.6 Å². The monoisotopic (exact) mass is 488 g/mol. The maximum atomic E-state index is 12.7. The predicted molar refractivity (Wildman–Crippen MR) is 120 cm³/mol. The second-order valence-corrected chi connectivity index (χ2v) is 8.31. The Bertz CT molecular complexity index is 745. The number of amides is 4. The highest BCUT2D eigenvalue weighted by Crippen LogP contribution is 2.07. The molecule has 14 nitrogen and oxygen atoms in total. The van der Waals surface area contributed by atoms with Gasteiger partial charge in [0.15, 0.2) is 0 Å². The number of carboxylic acids is 2. The lowest BCUT2D eigenvalue weighted by atomic mass is 10.0. The number of carboxylic acid groups (broad SMARTS) is 2. The number of unbranched alkanes of at least 4 members (excludes halogenated alkanes) is 1. The minimum Gasteiger partial charge on any atom is -0.481 e. The number of carbonyl (C=O) groups excluding carboxylic acids is 4. The molecule has 0 bridgehead atoms. The molecule has 0 aromatic carbocycles. The first-order valence-electron chi connectivity index (χ1n) is 10.9. The number of primary amides is 1. The van der Waals surface area contributed by atoms with Crippen LogP contribution in [-0.2, 0) is 28.8 Å². The van der Waals surface area contributed by atoms with Crippen LogP contribution in [0.4, 0.5) is 0 Å². The molecule has 194 valence electrons. The number of hydrogen-bond donors (Lipinski definition) is 8. The fourth-order valence-corrected chi connectivity index (χ4v) is 2.95. The highest BCUT2D eigenvalue weighted by Gasteiger charge is 2.32. The lowest BCUT2D eigenvalue weighted by molar-refractivity contribution is -0.144. The minimum absolute atomic E-state index is 0.0667. The van der Waals surface area contributed by atoms with Crippen LogP contribution in [0.15, 0.2) is 0 Å². The van der Waals surface area contributed by atoms with Gasteiger partial charge in [0, 0.05) is 0 Å². The fourth-order valence-electron chi connectivity index (χ4n) is 2.95. The van der Waals surface area contributed by atoms with E-state index in [1.165, 1.54) is 0 Å². The molecule has 34 heavy (non-hydrogen) atoms. The maximum Gasteiger partial charge on any atom is 0.326 e. The fraction of sp³-hybridized carbons (Fsp3) is 0.700. The van der Waals surface area contributed by atoms with E-state index in [1.807, 2.05) is 0 Å². The lowest BCUT2D eigenvalue weighted by Crippen LogP contribution is -2.58. The summed E-state index contributed by atoms with van der Waals surface area (Å²) in [5, 5.41) is 25.0. The summed E-state index contributed by atoms with van der Waals surface area (Å²) in [5.74, 6) is -6.68. The summed E-state index contributed by atoms with van der Waals surface area (Å²) in [6.45, 7) is 3.88. The lowest BCUT2D eigenvalue weighted by Gasteiger charge is -2.24. The van der Waals surface area contributed by atoms with Crippen molar-refractivity contribution in [3.63, 3.8) is 0 Å². The van der Waals surface area contributed by atoms with Gasteiger partial charge < -0.3 is 43.4 Å². The van der Waals surface area contributed by atoms with Gasteiger partial charge in [-0.2, -0.15) is 0 Å². The summed E-state index contributed by atoms with van der Waals surface area (Å²) in [5.41, 5.74) is 16.3. The molecule has 4 amide bonds. The summed E-state index contributed by atoms with van der Waals surface area (Å²) in [6.07, 6.45) is 0.00865. The molecule has 0 radical (unpaired) electrons. The third-order valence-corrected chi connectivity index (χ3v) is 4.68. The van der Waals surface area contributed by atoms with Gasteiger partial charge in [0.2, 0.25) is 23.6 Å². The van der Waals surface area contributed by atoms with Gasteiger partial charge in [-0.25, -0.2) is 4.79 Å². The average Bonchev–Trinajstić information content (AvgIpc) is 2.71. The van der Waals surface area contributed by atoms with Crippen molar-refractivity contribution in [3.05, 3.63) is 0 Å². The van der Waals surface area contributed by atoms with Gasteiger partial charge in [0.25, 0.3) is 0 Å². The first-order chi connectivity index (χ1) is 15.8. The third kappa shape index (κ3) is 12.7. The third-order valence-electron chi connectivity index (χ3n) is 4.68. The standard InChI is InChI=1S/C20H36N6O8/c1-10(2)7-14(20(33)34)26-19(32)13(9-16(28)29)25-18(31)12(8-15(23)27)24-17(30)11(22)5-3-4-6-21/h10-14H,3-9,21-22H2,1-2H3,(H2,23,27)(H,24,30)(H,25,31)(H,26,32)(H,28,29)(H,33,34). The Morgan fingerprint density at radius 3 is 1.74 bits per heavy atom. The molecule has 4 unspecified atom stereocenters. The second-order valence-electron chi connectivity index (χ2n) is 8.31. The predicted octanol–water partition coefficient (Wildman–Crippen LogP) is -2.62. The largest absolute Gasteiger partial charge is 0.481 e. The van der Waals surface area contributed by atoms with Gasteiger partial charge in [0.05, 0.1) is 18.9 Å². The van der Waals surface area contributed by atoms with Crippen LogP contribution in [0, 0.1) is 5.92 Å². The van der Waals surface area contributed by atoms with Crippen molar-refractivity contribution in [2.75, 3.05) is 6.54 Å². The van der Waals surface area contributed by atoms with Crippen LogP contribution in [0.3, 0.4) is 0 Å². The van der Waals surface area contributed by atoms with Crippen LogP contribution in [0.5, 0.6) is 0 Å². The van der Waals surface area contributed by atoms with Crippen LogP contribution in [0.1, 0.15) is 52.4 Å². The van der Waals surface area contributed by atoms with Crippen LogP contribution >= 0.6 is 0 Å². The summed E-state index contributed by atoms with van der Waals surface area (Å²) in [7, 11) is 0. The first-order valence-corrected chi connectivity index (χ1v) is 10.9. The van der Waals surface area contributed by atoms with Gasteiger partial charge in [-0.3, -0.25) is 24.0 Å². The number of nitrogens with two attached hydrogens (primary N) is 3. The van der Waals surface area contributed by atoms with E-state index >= 15 is 0 Å². The molecule has 0 aliphatic heterocycles. The van der Waals surface area contributed by atoms with Gasteiger partial charge >= 0.3 is 11.9 Å². The molecule has 11 N–H and O–H groups in total. The van der Waals surface area contributed by atoms with Gasteiger partial charge in [-0.1, -0.05) is 20.3 Å². The molecule has 0 spiro atoms. The van der Waals surface area contributed by atoms with Crippen LogP contribution in [0.2, 0.25) is 0 Å². The Kier molecular flexibility index (Phi) is 14.1. The van der Waals surface area contributed by atoms with Crippen LogP contribution in [0.25, 0.3) is 0 Å². The maximum absolute atomic E-state index is 12.7. The molecule has 14 heteroatoms. The zero-order valence-corrected chi connectivity index (χ0v) is 19.4. The normalized spacial score (nSPS) is 14.4. The molecule has 4 atom stereocenters. The van der Waals surface area contributed by atoms with Crippen LogP contribution < -0.4 is 33.2 Å². The Morgan fingerprint density at radius 2 is 1.29 bits per heavy atom. The number of rotatable bonds is 17. The van der Waals surface area contributed by atoms with E-state index in [4.69, 9.17) is 22.3 Å². The van der Waals surface area contributed by atoms with Gasteiger partial charge in [-0.05, 0) is 31.7 Å². The number of aliphatic carboxylic acids is 2. The number of carbonyl (C=O) groups is 6. The quantitative estimate of drug-likeness (QED) is 0.0988. The van der Waals surface area contributed by atoms with E-state index in [0.717, 1.165) is 0 Å².